The monoisotopic (exact) mass is 359 g/mol. The number of amides is 1. The Labute approximate surface area is 152 Å². The molecule has 138 valence electrons. The Bertz CT molecular complexity index is 764. The molecule has 0 aliphatic carbocycles. The molecule has 2 atom stereocenters. The first-order valence-electron chi connectivity index (χ1n) is 8.76. The van der Waals surface area contributed by atoms with Gasteiger partial charge in [-0.1, -0.05) is 18.2 Å². The van der Waals surface area contributed by atoms with Crippen molar-refractivity contribution in [1.82, 2.24) is 5.32 Å². The van der Waals surface area contributed by atoms with Gasteiger partial charge >= 0.3 is 0 Å². The largest absolute Gasteiger partial charge is 0.486 e. The Balaban J connectivity index is 1.53. The van der Waals surface area contributed by atoms with Crippen molar-refractivity contribution in [1.29, 1.82) is 0 Å². The third kappa shape index (κ3) is 4.73. The van der Waals surface area contributed by atoms with E-state index in [-0.39, 0.29) is 17.8 Å². The number of ether oxygens (including phenoxy) is 2. The third-order valence-corrected chi connectivity index (χ3v) is 4.33. The van der Waals surface area contributed by atoms with Gasteiger partial charge in [0.1, 0.15) is 25.6 Å². The van der Waals surface area contributed by atoms with Crippen molar-refractivity contribution in [2.45, 2.75) is 19.5 Å². The minimum atomic E-state index is -0.252. The first-order chi connectivity index (χ1) is 12.5. The van der Waals surface area contributed by atoms with Crippen molar-refractivity contribution in [3.63, 3.8) is 0 Å². The molecule has 1 unspecified atom stereocenters. The van der Waals surface area contributed by atoms with Crippen LogP contribution in [0.5, 0.6) is 11.5 Å². The highest BCUT2D eigenvalue weighted by Gasteiger charge is 2.17. The second-order valence-corrected chi connectivity index (χ2v) is 6.63. The number of hydrogen-bond acceptors (Lipinski definition) is 3. The molecule has 2 aromatic rings. The summed E-state index contributed by atoms with van der Waals surface area (Å²) in [4.78, 5) is 13.4. The number of likely N-dealkylation sites (N-methyl/N-ethyl adjacent to an activating group) is 1. The number of hydrogen-bond donors (Lipinski definition) is 2. The van der Waals surface area contributed by atoms with Gasteiger partial charge in [-0.3, -0.25) is 4.79 Å². The van der Waals surface area contributed by atoms with E-state index in [0.717, 1.165) is 21.8 Å². The van der Waals surface area contributed by atoms with Gasteiger partial charge in [0.25, 0.3) is 5.91 Å². The molecule has 2 N–H and O–H groups in total. The normalized spacial score (nSPS) is 15.2. The van der Waals surface area contributed by atoms with Gasteiger partial charge in [0.2, 0.25) is 0 Å². The molecule has 0 radical (unpaired) electrons. The summed E-state index contributed by atoms with van der Waals surface area (Å²) >= 11 is 0. The van der Waals surface area contributed by atoms with Crippen molar-refractivity contribution < 1.29 is 23.6 Å². The minimum Gasteiger partial charge on any atom is -0.486 e. The average molecular weight is 359 g/mol. The first kappa shape index (κ1) is 18.2. The van der Waals surface area contributed by atoms with Crippen molar-refractivity contribution in [2.24, 2.45) is 0 Å². The molecule has 0 spiro atoms. The number of carbonyl (C=O) groups excluding carboxylic acids is 1. The van der Waals surface area contributed by atoms with Crippen LogP contribution in [0.25, 0.3) is 0 Å². The highest BCUT2D eigenvalue weighted by molar-refractivity contribution is 5.77. The molecule has 5 nitrogen and oxygen atoms in total. The Morgan fingerprint density at radius 3 is 2.58 bits per heavy atom. The lowest BCUT2D eigenvalue weighted by Crippen LogP contribution is -3.08. The second-order valence-electron chi connectivity index (χ2n) is 6.63. The molecule has 6 heteroatoms. The van der Waals surface area contributed by atoms with Crippen molar-refractivity contribution in [3.05, 3.63) is 59.4 Å². The number of nitrogens with one attached hydrogen (secondary N) is 2. The molecule has 3 rings (SSSR count). The van der Waals surface area contributed by atoms with Crippen LogP contribution < -0.4 is 19.7 Å². The zero-order valence-corrected chi connectivity index (χ0v) is 15.0. The SMILES string of the molecule is C[C@@H](NC(=O)C[NH+](C)Cc1ccc(F)cc1)c1ccc2c(c1)OCCO2. The van der Waals surface area contributed by atoms with Gasteiger partial charge in [0.15, 0.2) is 18.0 Å². The van der Waals surface area contributed by atoms with Gasteiger partial charge in [-0.05, 0) is 36.8 Å². The standard InChI is InChI=1S/C20H23FN2O3/c1-14(16-5-8-18-19(11-16)26-10-9-25-18)22-20(24)13-23(2)12-15-3-6-17(21)7-4-15/h3-8,11,14H,9-10,12-13H2,1-2H3,(H,22,24)/p+1/t14-/m1/s1. The maximum atomic E-state index is 13.0. The quantitative estimate of drug-likeness (QED) is 0.822. The van der Waals surface area contributed by atoms with Gasteiger partial charge in [0.05, 0.1) is 13.1 Å². The molecular weight excluding hydrogens is 335 g/mol. The first-order valence-corrected chi connectivity index (χ1v) is 8.76. The van der Waals surface area contributed by atoms with Gasteiger partial charge in [-0.15, -0.1) is 0 Å². The van der Waals surface area contributed by atoms with Crippen LogP contribution in [0, 0.1) is 5.82 Å². The Hall–Kier alpha value is -2.60. The number of quaternary nitrogens is 1. The van der Waals surface area contributed by atoms with E-state index in [1.165, 1.54) is 12.1 Å². The number of halogens is 1. The molecule has 0 bridgehead atoms. The molecule has 0 saturated carbocycles. The van der Waals surface area contributed by atoms with Crippen LogP contribution in [0.2, 0.25) is 0 Å². The lowest BCUT2D eigenvalue weighted by Gasteiger charge is -2.21. The van der Waals surface area contributed by atoms with Crippen LogP contribution in [0.15, 0.2) is 42.5 Å². The van der Waals surface area contributed by atoms with Crippen molar-refractivity contribution >= 4 is 5.91 Å². The van der Waals surface area contributed by atoms with Crippen LogP contribution in [-0.4, -0.2) is 32.7 Å². The number of benzene rings is 2. The lowest BCUT2D eigenvalue weighted by molar-refractivity contribution is -0.885. The molecule has 0 fully saturated rings. The molecule has 1 heterocycles. The summed E-state index contributed by atoms with van der Waals surface area (Å²) in [5.74, 6) is 1.17. The smallest absolute Gasteiger partial charge is 0.275 e. The molecule has 2 aromatic carbocycles. The van der Waals surface area contributed by atoms with E-state index in [0.29, 0.717) is 32.1 Å². The van der Waals surface area contributed by atoms with Crippen LogP contribution in [-0.2, 0) is 11.3 Å². The molecule has 26 heavy (non-hydrogen) atoms. The number of rotatable bonds is 6. The minimum absolute atomic E-state index is 0.0352. The summed E-state index contributed by atoms with van der Waals surface area (Å²) in [5, 5.41) is 3.01. The molecule has 1 aliphatic heterocycles. The lowest BCUT2D eigenvalue weighted by atomic mass is 10.1. The van der Waals surface area contributed by atoms with Gasteiger partial charge < -0.3 is 19.7 Å². The van der Waals surface area contributed by atoms with Crippen LogP contribution >= 0.6 is 0 Å². The van der Waals surface area contributed by atoms with Crippen molar-refractivity contribution in [2.75, 3.05) is 26.8 Å². The zero-order valence-electron chi connectivity index (χ0n) is 15.0. The fraction of sp³-hybridized carbons (Fsp3) is 0.350. The van der Waals surface area contributed by atoms with Gasteiger partial charge in [0, 0.05) is 5.56 Å². The van der Waals surface area contributed by atoms with Crippen LogP contribution in [0.3, 0.4) is 0 Å². The Morgan fingerprint density at radius 1 is 1.15 bits per heavy atom. The Kier molecular flexibility index (Phi) is 5.73. The highest BCUT2D eigenvalue weighted by atomic mass is 19.1. The Morgan fingerprint density at radius 2 is 1.85 bits per heavy atom. The second kappa shape index (κ2) is 8.19. The predicted octanol–water partition coefficient (Wildman–Crippen LogP) is 1.49. The van der Waals surface area contributed by atoms with Crippen molar-refractivity contribution in [3.8, 4) is 11.5 Å². The molecule has 1 amide bonds. The summed E-state index contributed by atoms with van der Waals surface area (Å²) < 4.78 is 24.1. The number of carbonyl (C=O) groups is 1. The fourth-order valence-corrected chi connectivity index (χ4v) is 2.99. The van der Waals surface area contributed by atoms with Crippen LogP contribution in [0.1, 0.15) is 24.1 Å². The topological polar surface area (TPSA) is 52.0 Å². The summed E-state index contributed by atoms with van der Waals surface area (Å²) in [6.45, 7) is 4.04. The van der Waals surface area contributed by atoms with Gasteiger partial charge in [-0.2, -0.15) is 0 Å². The fourth-order valence-electron chi connectivity index (χ4n) is 2.99. The predicted molar refractivity (Wildman–Crippen MR) is 95.8 cm³/mol. The van der Waals surface area contributed by atoms with E-state index >= 15 is 0 Å². The summed E-state index contributed by atoms with van der Waals surface area (Å²) in [6, 6.07) is 12.0. The number of fused-ring (bicyclic) bond motifs is 1. The molecule has 0 aromatic heterocycles. The zero-order chi connectivity index (χ0) is 18.5. The molecule has 1 aliphatic rings. The van der Waals surface area contributed by atoms with Gasteiger partial charge in [-0.25, -0.2) is 4.39 Å². The maximum Gasteiger partial charge on any atom is 0.275 e. The van der Waals surface area contributed by atoms with E-state index in [9.17, 15) is 9.18 Å². The highest BCUT2D eigenvalue weighted by Crippen LogP contribution is 2.32. The summed E-state index contributed by atoms with van der Waals surface area (Å²) in [6.07, 6.45) is 0. The summed E-state index contributed by atoms with van der Waals surface area (Å²) in [5.41, 5.74) is 1.97. The maximum absolute atomic E-state index is 13.0. The average Bonchev–Trinajstić information content (AvgIpc) is 2.63. The molecular formula is C20H24FN2O3+. The van der Waals surface area contributed by atoms with E-state index in [4.69, 9.17) is 9.47 Å². The van der Waals surface area contributed by atoms with E-state index in [1.807, 2.05) is 32.2 Å². The van der Waals surface area contributed by atoms with E-state index in [2.05, 4.69) is 5.32 Å². The van der Waals surface area contributed by atoms with E-state index < -0.39 is 0 Å². The third-order valence-electron chi connectivity index (χ3n) is 4.33. The summed E-state index contributed by atoms with van der Waals surface area (Å²) in [7, 11) is 1.94. The van der Waals surface area contributed by atoms with Crippen LogP contribution in [0.4, 0.5) is 4.39 Å². The van der Waals surface area contributed by atoms with E-state index in [1.54, 1.807) is 12.1 Å². The molecule has 0 saturated heterocycles.